The maximum atomic E-state index is 13.1. The van der Waals surface area contributed by atoms with Crippen molar-refractivity contribution in [2.45, 2.75) is 51.4 Å². The monoisotopic (exact) mass is 462 g/mol. The molecule has 176 valence electrons. The van der Waals surface area contributed by atoms with E-state index in [1.165, 1.54) is 37.7 Å². The van der Waals surface area contributed by atoms with Gasteiger partial charge in [-0.2, -0.15) is 0 Å². The maximum absolute atomic E-state index is 13.1. The van der Waals surface area contributed by atoms with Crippen molar-refractivity contribution in [1.82, 2.24) is 15.0 Å². The second-order valence-electron chi connectivity index (χ2n) is 9.32. The van der Waals surface area contributed by atoms with Gasteiger partial charge in [-0.1, -0.05) is 37.5 Å². The Morgan fingerprint density at radius 3 is 2.54 bits per heavy atom. The van der Waals surface area contributed by atoms with Crippen LogP contribution in [-0.4, -0.2) is 20.9 Å². The first-order chi connectivity index (χ1) is 17.2. The number of carbonyl (C=O) groups excluding carboxylic acids is 1. The number of amides is 1. The van der Waals surface area contributed by atoms with Crippen LogP contribution >= 0.6 is 0 Å². The average Bonchev–Trinajstić information content (AvgIpc) is 2.91. The van der Waals surface area contributed by atoms with Crippen LogP contribution < -0.4 is 5.32 Å². The number of hydrogen-bond donors (Lipinski definition) is 1. The van der Waals surface area contributed by atoms with Crippen molar-refractivity contribution in [3.63, 3.8) is 0 Å². The Hall–Kier alpha value is -3.86. The van der Waals surface area contributed by atoms with Gasteiger partial charge in [0.25, 0.3) is 5.91 Å². The molecule has 1 amide bonds. The summed E-state index contributed by atoms with van der Waals surface area (Å²) in [5.74, 6) is 0.556. The molecule has 0 saturated heterocycles. The molecule has 2 aromatic heterocycles. The maximum Gasteiger partial charge on any atom is 0.255 e. The summed E-state index contributed by atoms with van der Waals surface area (Å²) < 4.78 is 0. The van der Waals surface area contributed by atoms with Crippen molar-refractivity contribution in [3.05, 3.63) is 107 Å². The zero-order chi connectivity index (χ0) is 24.0. The van der Waals surface area contributed by atoms with Gasteiger partial charge in [0.2, 0.25) is 0 Å². The fourth-order valence-electron chi connectivity index (χ4n) is 4.92. The van der Waals surface area contributed by atoms with Gasteiger partial charge in [-0.05, 0) is 84.8 Å². The Balaban J connectivity index is 1.32. The standard InChI is InChI=1S/C30H30N4O/c1-21-9-10-24(30(35)34-26-13-11-23(12-14-26)22-6-3-2-4-7-22)18-25(21)19-29-27(8-5-16-32-29)28-15-17-31-20-33-28/h5,8-18,20,22H,2-4,6-7,19H2,1H3,(H,34,35). The average molecular weight is 463 g/mol. The fraction of sp³-hybridized carbons (Fsp3) is 0.267. The molecule has 5 heteroatoms. The van der Waals surface area contributed by atoms with Gasteiger partial charge >= 0.3 is 0 Å². The summed E-state index contributed by atoms with van der Waals surface area (Å²) in [4.78, 5) is 26.1. The zero-order valence-corrected chi connectivity index (χ0v) is 20.1. The third-order valence-electron chi connectivity index (χ3n) is 6.96. The van der Waals surface area contributed by atoms with Crippen LogP contribution in [0, 0.1) is 6.92 Å². The lowest BCUT2D eigenvalue weighted by Gasteiger charge is -2.22. The van der Waals surface area contributed by atoms with Gasteiger partial charge in [-0.15, -0.1) is 0 Å². The van der Waals surface area contributed by atoms with Crippen molar-refractivity contribution < 1.29 is 4.79 Å². The molecule has 0 unspecified atom stereocenters. The third-order valence-corrected chi connectivity index (χ3v) is 6.96. The second-order valence-corrected chi connectivity index (χ2v) is 9.32. The molecule has 2 aromatic carbocycles. The van der Waals surface area contributed by atoms with Gasteiger partial charge in [0.05, 0.1) is 11.4 Å². The Kier molecular flexibility index (Phi) is 6.94. The highest BCUT2D eigenvalue weighted by Gasteiger charge is 2.16. The van der Waals surface area contributed by atoms with Gasteiger partial charge in [0.15, 0.2) is 0 Å². The smallest absolute Gasteiger partial charge is 0.255 e. The lowest BCUT2D eigenvalue weighted by molar-refractivity contribution is 0.102. The summed E-state index contributed by atoms with van der Waals surface area (Å²) in [6.07, 6.45) is 12.2. The molecule has 1 aliphatic carbocycles. The summed E-state index contributed by atoms with van der Waals surface area (Å²) in [5, 5.41) is 3.06. The molecule has 0 bridgehead atoms. The van der Waals surface area contributed by atoms with Crippen LogP contribution in [-0.2, 0) is 6.42 Å². The normalized spacial score (nSPS) is 14.0. The van der Waals surface area contributed by atoms with Crippen LogP contribution in [0.5, 0.6) is 0 Å². The molecule has 1 saturated carbocycles. The molecule has 5 rings (SSSR count). The highest BCUT2D eigenvalue weighted by atomic mass is 16.1. The van der Waals surface area contributed by atoms with E-state index in [1.807, 2.05) is 48.5 Å². The van der Waals surface area contributed by atoms with Crippen LogP contribution in [0.15, 0.2) is 79.4 Å². The van der Waals surface area contributed by atoms with E-state index in [1.54, 1.807) is 18.7 Å². The number of carbonyl (C=O) groups is 1. The minimum absolute atomic E-state index is 0.103. The number of nitrogens with one attached hydrogen (secondary N) is 1. The first-order valence-corrected chi connectivity index (χ1v) is 12.4. The van der Waals surface area contributed by atoms with Crippen LogP contribution in [0.2, 0.25) is 0 Å². The number of aryl methyl sites for hydroxylation is 1. The molecule has 1 fully saturated rings. The number of nitrogens with zero attached hydrogens (tertiary/aromatic N) is 3. The quantitative estimate of drug-likeness (QED) is 0.345. The van der Waals surface area contributed by atoms with Crippen molar-refractivity contribution in [2.24, 2.45) is 0 Å². The van der Waals surface area contributed by atoms with E-state index >= 15 is 0 Å². The molecule has 35 heavy (non-hydrogen) atoms. The lowest BCUT2D eigenvalue weighted by atomic mass is 9.84. The Morgan fingerprint density at radius 2 is 1.77 bits per heavy atom. The number of rotatable bonds is 6. The minimum Gasteiger partial charge on any atom is -0.322 e. The molecule has 1 aliphatic rings. The number of aromatic nitrogens is 3. The molecule has 0 atom stereocenters. The van der Waals surface area contributed by atoms with E-state index in [2.05, 4.69) is 39.3 Å². The molecule has 2 heterocycles. The van der Waals surface area contributed by atoms with Crippen LogP contribution in [0.3, 0.4) is 0 Å². The number of benzene rings is 2. The van der Waals surface area contributed by atoms with Crippen molar-refractivity contribution in [2.75, 3.05) is 5.32 Å². The Labute approximate surface area is 206 Å². The number of anilines is 1. The predicted octanol–water partition coefficient (Wildman–Crippen LogP) is 6.74. The minimum atomic E-state index is -0.103. The first-order valence-electron chi connectivity index (χ1n) is 12.4. The summed E-state index contributed by atoms with van der Waals surface area (Å²) in [7, 11) is 0. The van der Waals surface area contributed by atoms with E-state index < -0.39 is 0 Å². The Bertz CT molecular complexity index is 1300. The molecule has 0 spiro atoms. The SMILES string of the molecule is Cc1ccc(C(=O)Nc2ccc(C3CCCCC3)cc2)cc1Cc1ncccc1-c1ccncn1. The molecule has 1 N–H and O–H groups in total. The third kappa shape index (κ3) is 5.46. The molecule has 0 aliphatic heterocycles. The van der Waals surface area contributed by atoms with Gasteiger partial charge in [0, 0.05) is 35.6 Å². The molecular weight excluding hydrogens is 432 g/mol. The van der Waals surface area contributed by atoms with E-state index in [0.29, 0.717) is 17.9 Å². The van der Waals surface area contributed by atoms with Gasteiger partial charge < -0.3 is 5.32 Å². The van der Waals surface area contributed by atoms with E-state index in [9.17, 15) is 4.79 Å². The van der Waals surface area contributed by atoms with Gasteiger partial charge in [-0.25, -0.2) is 9.97 Å². The van der Waals surface area contributed by atoms with Crippen LogP contribution in [0.25, 0.3) is 11.3 Å². The van der Waals surface area contributed by atoms with Crippen molar-refractivity contribution in [1.29, 1.82) is 0 Å². The summed E-state index contributed by atoms with van der Waals surface area (Å²) in [5.41, 5.74) is 7.78. The van der Waals surface area contributed by atoms with Crippen molar-refractivity contribution >= 4 is 11.6 Å². The van der Waals surface area contributed by atoms with E-state index in [0.717, 1.165) is 33.8 Å². The van der Waals surface area contributed by atoms with Crippen LogP contribution in [0.4, 0.5) is 5.69 Å². The molecule has 5 nitrogen and oxygen atoms in total. The zero-order valence-electron chi connectivity index (χ0n) is 20.1. The first kappa shape index (κ1) is 22.9. The summed E-state index contributed by atoms with van der Waals surface area (Å²) in [6.45, 7) is 2.06. The highest BCUT2D eigenvalue weighted by molar-refractivity contribution is 6.04. The Morgan fingerprint density at radius 1 is 0.943 bits per heavy atom. The van der Waals surface area contributed by atoms with E-state index in [4.69, 9.17) is 0 Å². The van der Waals surface area contributed by atoms with E-state index in [-0.39, 0.29) is 5.91 Å². The fourth-order valence-corrected chi connectivity index (χ4v) is 4.92. The largest absolute Gasteiger partial charge is 0.322 e. The molecule has 4 aromatic rings. The molecule has 0 radical (unpaired) electrons. The number of hydrogen-bond acceptors (Lipinski definition) is 4. The van der Waals surface area contributed by atoms with Crippen LogP contribution in [0.1, 0.15) is 70.8 Å². The van der Waals surface area contributed by atoms with Gasteiger partial charge in [-0.3, -0.25) is 9.78 Å². The lowest BCUT2D eigenvalue weighted by Crippen LogP contribution is -2.13. The highest BCUT2D eigenvalue weighted by Crippen LogP contribution is 2.33. The summed E-state index contributed by atoms with van der Waals surface area (Å²) >= 11 is 0. The second kappa shape index (κ2) is 10.6. The molecular formula is C30H30N4O. The predicted molar refractivity (Wildman–Crippen MR) is 139 cm³/mol. The number of pyridine rings is 1. The topological polar surface area (TPSA) is 67.8 Å². The van der Waals surface area contributed by atoms with Crippen molar-refractivity contribution in [3.8, 4) is 11.3 Å². The van der Waals surface area contributed by atoms with Gasteiger partial charge in [0.1, 0.15) is 6.33 Å². The summed E-state index contributed by atoms with van der Waals surface area (Å²) in [6, 6.07) is 20.1.